The molecule has 0 heterocycles. The maximum absolute atomic E-state index is 13.2. The van der Waals surface area contributed by atoms with E-state index in [2.05, 4.69) is 28.2 Å². The fourth-order valence-electron chi connectivity index (χ4n) is 2.52. The van der Waals surface area contributed by atoms with Crippen LogP contribution in [0.3, 0.4) is 0 Å². The van der Waals surface area contributed by atoms with Crippen molar-refractivity contribution in [3.63, 3.8) is 0 Å². The predicted molar refractivity (Wildman–Crippen MR) is 73.0 cm³/mol. The number of rotatable bonds is 2. The third-order valence-corrected chi connectivity index (χ3v) is 3.85. The summed E-state index contributed by atoms with van der Waals surface area (Å²) in [5.41, 5.74) is 0.375. The van der Waals surface area contributed by atoms with E-state index in [4.69, 9.17) is 0 Å². The van der Waals surface area contributed by atoms with Gasteiger partial charge in [0.05, 0.1) is 0 Å². The van der Waals surface area contributed by atoms with Crippen LogP contribution in [0.2, 0.25) is 0 Å². The van der Waals surface area contributed by atoms with Gasteiger partial charge in [-0.15, -0.1) is 0 Å². The summed E-state index contributed by atoms with van der Waals surface area (Å²) < 4.78 is 13.8. The summed E-state index contributed by atoms with van der Waals surface area (Å²) in [6, 6.07) is 4.49. The topological polar surface area (TPSA) is 29.1 Å². The van der Waals surface area contributed by atoms with Crippen LogP contribution in [0.1, 0.15) is 43.0 Å². The second-order valence-corrected chi connectivity index (χ2v) is 6.02. The Hall–Kier alpha value is -0.900. The fourth-order valence-corrected chi connectivity index (χ4v) is 2.98. The molecule has 98 valence electrons. The molecule has 18 heavy (non-hydrogen) atoms. The van der Waals surface area contributed by atoms with Crippen LogP contribution in [0.4, 0.5) is 4.39 Å². The largest absolute Gasteiger partial charge is 0.349 e. The molecule has 0 aliphatic heterocycles. The van der Waals surface area contributed by atoms with Crippen LogP contribution in [-0.4, -0.2) is 11.9 Å². The molecular weight excluding hydrogens is 297 g/mol. The molecule has 1 aliphatic rings. The van der Waals surface area contributed by atoms with Crippen LogP contribution in [0.5, 0.6) is 0 Å². The molecule has 0 radical (unpaired) electrons. The Labute approximate surface area is 115 Å². The molecule has 0 spiro atoms. The van der Waals surface area contributed by atoms with Crippen molar-refractivity contribution in [1.82, 2.24) is 5.32 Å². The predicted octanol–water partition coefficient (Wildman–Crippen LogP) is 3.90. The number of nitrogens with one attached hydrogen (secondary N) is 1. The summed E-state index contributed by atoms with van der Waals surface area (Å²) in [6.45, 7) is 2.21. The minimum Gasteiger partial charge on any atom is -0.349 e. The molecule has 1 amide bonds. The van der Waals surface area contributed by atoms with Crippen LogP contribution in [0, 0.1) is 11.7 Å². The van der Waals surface area contributed by atoms with Crippen LogP contribution >= 0.6 is 15.9 Å². The number of halogens is 2. The highest BCUT2D eigenvalue weighted by atomic mass is 79.9. The third-order valence-electron chi connectivity index (χ3n) is 3.40. The van der Waals surface area contributed by atoms with E-state index < -0.39 is 5.82 Å². The fraction of sp³-hybridized carbons (Fsp3) is 0.500. The highest BCUT2D eigenvalue weighted by molar-refractivity contribution is 9.10. The summed E-state index contributed by atoms with van der Waals surface area (Å²) in [7, 11) is 0. The molecule has 0 saturated heterocycles. The summed E-state index contributed by atoms with van der Waals surface area (Å²) in [5, 5.41) is 2.99. The molecule has 2 atom stereocenters. The van der Waals surface area contributed by atoms with E-state index in [1.54, 1.807) is 6.07 Å². The first-order valence-electron chi connectivity index (χ1n) is 6.31. The zero-order valence-electron chi connectivity index (χ0n) is 10.4. The molecule has 4 heteroatoms. The van der Waals surface area contributed by atoms with Gasteiger partial charge in [-0.05, 0) is 37.0 Å². The number of carbonyl (C=O) groups excluding carboxylic acids is 1. The summed E-state index contributed by atoms with van der Waals surface area (Å²) in [4.78, 5) is 12.0. The minimum absolute atomic E-state index is 0.186. The lowest BCUT2D eigenvalue weighted by Gasteiger charge is -2.27. The normalized spacial score (nSPS) is 23.7. The molecule has 1 aliphatic carbocycles. The van der Waals surface area contributed by atoms with Crippen LogP contribution in [0.15, 0.2) is 22.7 Å². The van der Waals surface area contributed by atoms with Crippen LogP contribution in [-0.2, 0) is 0 Å². The average Bonchev–Trinajstić information content (AvgIpc) is 2.27. The number of carbonyl (C=O) groups is 1. The minimum atomic E-state index is -0.397. The number of amides is 1. The summed E-state index contributed by atoms with van der Waals surface area (Å²) in [5.74, 6) is 0.0733. The molecule has 1 saturated carbocycles. The summed E-state index contributed by atoms with van der Waals surface area (Å²) >= 11 is 3.20. The average molecular weight is 314 g/mol. The third kappa shape index (κ3) is 3.55. The van der Waals surface area contributed by atoms with Crippen LogP contribution in [0.25, 0.3) is 0 Å². The monoisotopic (exact) mass is 313 g/mol. The van der Waals surface area contributed by atoms with Crippen molar-refractivity contribution in [2.45, 2.75) is 38.6 Å². The second-order valence-electron chi connectivity index (χ2n) is 5.10. The zero-order valence-corrected chi connectivity index (χ0v) is 12.0. The van der Waals surface area contributed by atoms with Gasteiger partial charge in [-0.1, -0.05) is 35.7 Å². The highest BCUT2D eigenvalue weighted by Gasteiger charge is 2.21. The standard InChI is InChI=1S/C14H17BrFNO/c1-9-3-2-4-13(5-9)17-14(18)10-6-11(15)8-12(16)7-10/h6-9,13H,2-5H2,1H3,(H,17,18). The molecule has 1 aromatic carbocycles. The van der Waals surface area contributed by atoms with Crippen molar-refractivity contribution in [2.24, 2.45) is 5.92 Å². The van der Waals surface area contributed by atoms with Gasteiger partial charge < -0.3 is 5.32 Å². The van der Waals surface area contributed by atoms with Crippen molar-refractivity contribution in [3.8, 4) is 0 Å². The van der Waals surface area contributed by atoms with Crippen LogP contribution < -0.4 is 5.32 Å². The van der Waals surface area contributed by atoms with E-state index in [0.29, 0.717) is 16.0 Å². The van der Waals surface area contributed by atoms with Crippen molar-refractivity contribution in [2.75, 3.05) is 0 Å². The van der Waals surface area contributed by atoms with E-state index in [1.165, 1.54) is 18.6 Å². The highest BCUT2D eigenvalue weighted by Crippen LogP contribution is 2.24. The number of hydrogen-bond acceptors (Lipinski definition) is 1. The van der Waals surface area contributed by atoms with E-state index in [0.717, 1.165) is 19.3 Å². The Bertz CT molecular complexity index is 429. The Morgan fingerprint density at radius 1 is 1.39 bits per heavy atom. The number of hydrogen-bond donors (Lipinski definition) is 1. The maximum Gasteiger partial charge on any atom is 0.251 e. The molecule has 2 rings (SSSR count). The SMILES string of the molecule is CC1CCCC(NC(=O)c2cc(F)cc(Br)c2)C1. The maximum atomic E-state index is 13.2. The van der Waals surface area contributed by atoms with Gasteiger partial charge in [0.2, 0.25) is 0 Å². The van der Waals surface area contributed by atoms with E-state index in [9.17, 15) is 9.18 Å². The Morgan fingerprint density at radius 2 is 2.17 bits per heavy atom. The van der Waals surface area contributed by atoms with Crippen molar-refractivity contribution < 1.29 is 9.18 Å². The van der Waals surface area contributed by atoms with Gasteiger partial charge in [-0.3, -0.25) is 4.79 Å². The molecule has 1 aromatic rings. The van der Waals surface area contributed by atoms with Gasteiger partial charge in [0.1, 0.15) is 5.82 Å². The number of benzene rings is 1. The van der Waals surface area contributed by atoms with Gasteiger partial charge >= 0.3 is 0 Å². The van der Waals surface area contributed by atoms with E-state index in [-0.39, 0.29) is 11.9 Å². The molecule has 1 N–H and O–H groups in total. The Morgan fingerprint density at radius 3 is 2.83 bits per heavy atom. The van der Waals surface area contributed by atoms with Gasteiger partial charge in [-0.25, -0.2) is 4.39 Å². The van der Waals surface area contributed by atoms with E-state index in [1.807, 2.05) is 0 Å². The molecule has 1 fully saturated rings. The Kier molecular flexibility index (Phi) is 4.38. The first kappa shape index (κ1) is 13.5. The van der Waals surface area contributed by atoms with Gasteiger partial charge in [-0.2, -0.15) is 0 Å². The zero-order chi connectivity index (χ0) is 13.1. The van der Waals surface area contributed by atoms with E-state index >= 15 is 0 Å². The lowest BCUT2D eigenvalue weighted by Crippen LogP contribution is -2.38. The van der Waals surface area contributed by atoms with Crippen molar-refractivity contribution in [1.29, 1.82) is 0 Å². The van der Waals surface area contributed by atoms with Crippen molar-refractivity contribution >= 4 is 21.8 Å². The van der Waals surface area contributed by atoms with Crippen molar-refractivity contribution in [3.05, 3.63) is 34.1 Å². The quantitative estimate of drug-likeness (QED) is 0.881. The first-order chi connectivity index (χ1) is 8.54. The molecule has 0 aromatic heterocycles. The smallest absolute Gasteiger partial charge is 0.251 e. The first-order valence-corrected chi connectivity index (χ1v) is 7.11. The lowest BCUT2D eigenvalue weighted by atomic mass is 9.87. The molecule has 2 nitrogen and oxygen atoms in total. The summed E-state index contributed by atoms with van der Waals surface area (Å²) in [6.07, 6.45) is 4.42. The molecule has 0 bridgehead atoms. The van der Waals surface area contributed by atoms with Gasteiger partial charge in [0, 0.05) is 16.1 Å². The van der Waals surface area contributed by atoms with Gasteiger partial charge in [0.25, 0.3) is 5.91 Å². The lowest BCUT2D eigenvalue weighted by molar-refractivity contribution is 0.0921. The molecule has 2 unspecified atom stereocenters. The molecular formula is C14H17BrFNO. The van der Waals surface area contributed by atoms with Gasteiger partial charge in [0.15, 0.2) is 0 Å². The Balaban J connectivity index is 2.02. The second kappa shape index (κ2) is 5.83.